The van der Waals surface area contributed by atoms with Crippen LogP contribution in [0.15, 0.2) is 18.2 Å². The minimum Gasteiger partial charge on any atom is -0.379 e. The van der Waals surface area contributed by atoms with Crippen LogP contribution in [0.4, 0.5) is 0 Å². The number of rotatable bonds is 6. The zero-order valence-corrected chi connectivity index (χ0v) is 13.5. The van der Waals surface area contributed by atoms with Crippen LogP contribution >= 0.6 is 23.2 Å². The summed E-state index contributed by atoms with van der Waals surface area (Å²) in [6.45, 7) is 4.48. The quantitative estimate of drug-likeness (QED) is 0.841. The van der Waals surface area contributed by atoms with Crippen LogP contribution in [0.5, 0.6) is 0 Å². The number of carbonyl (C=O) groups is 1. The van der Waals surface area contributed by atoms with E-state index < -0.39 is 0 Å². The van der Waals surface area contributed by atoms with Crippen molar-refractivity contribution >= 4 is 29.1 Å². The van der Waals surface area contributed by atoms with Crippen molar-refractivity contribution < 1.29 is 9.53 Å². The van der Waals surface area contributed by atoms with Crippen LogP contribution in [0, 0.1) is 5.92 Å². The Labute approximate surface area is 135 Å². The Morgan fingerprint density at radius 3 is 2.90 bits per heavy atom. The highest BCUT2D eigenvalue weighted by Crippen LogP contribution is 2.21. The van der Waals surface area contributed by atoms with Crippen LogP contribution in [-0.4, -0.2) is 38.3 Å². The molecule has 1 aliphatic heterocycles. The summed E-state index contributed by atoms with van der Waals surface area (Å²) in [5, 5.41) is 7.48. The lowest BCUT2D eigenvalue weighted by Gasteiger charge is -2.17. The Balaban J connectivity index is 1.81. The van der Waals surface area contributed by atoms with E-state index in [1.54, 1.807) is 12.1 Å². The average molecular weight is 331 g/mol. The van der Waals surface area contributed by atoms with Gasteiger partial charge in [0, 0.05) is 22.6 Å². The van der Waals surface area contributed by atoms with Gasteiger partial charge in [0.25, 0.3) is 0 Å². The first-order chi connectivity index (χ1) is 10.1. The summed E-state index contributed by atoms with van der Waals surface area (Å²) < 4.78 is 5.38. The van der Waals surface area contributed by atoms with Crippen LogP contribution in [0.25, 0.3) is 0 Å². The summed E-state index contributed by atoms with van der Waals surface area (Å²) >= 11 is 12.0. The first-order valence-electron chi connectivity index (χ1n) is 7.14. The second kappa shape index (κ2) is 7.99. The highest BCUT2D eigenvalue weighted by molar-refractivity contribution is 6.35. The third kappa shape index (κ3) is 4.58. The molecule has 1 heterocycles. The van der Waals surface area contributed by atoms with Gasteiger partial charge in [0.2, 0.25) is 5.91 Å². The lowest BCUT2D eigenvalue weighted by molar-refractivity contribution is -0.125. The number of halogens is 2. The molecule has 2 atom stereocenters. The molecule has 0 bridgehead atoms. The number of nitrogens with one attached hydrogen (secondary N) is 2. The number of likely N-dealkylation sites (N-methyl/N-ethyl adjacent to an activating group) is 1. The van der Waals surface area contributed by atoms with Gasteiger partial charge >= 0.3 is 0 Å². The maximum Gasteiger partial charge on any atom is 0.227 e. The van der Waals surface area contributed by atoms with Crippen molar-refractivity contribution in [2.45, 2.75) is 19.4 Å². The minimum absolute atomic E-state index is 0.0311. The second-order valence-electron chi connectivity index (χ2n) is 5.08. The van der Waals surface area contributed by atoms with E-state index in [0.29, 0.717) is 36.2 Å². The van der Waals surface area contributed by atoms with Gasteiger partial charge in [-0.05, 0) is 30.7 Å². The Kier molecular flexibility index (Phi) is 6.30. The van der Waals surface area contributed by atoms with E-state index in [2.05, 4.69) is 10.6 Å². The number of amides is 1. The van der Waals surface area contributed by atoms with E-state index in [0.717, 1.165) is 12.1 Å². The fraction of sp³-hybridized carbons (Fsp3) is 0.533. The highest BCUT2D eigenvalue weighted by Gasteiger charge is 2.33. The predicted octanol–water partition coefficient (Wildman–Crippen LogP) is 2.28. The minimum atomic E-state index is -0.120. The topological polar surface area (TPSA) is 50.4 Å². The normalized spacial score (nSPS) is 21.5. The summed E-state index contributed by atoms with van der Waals surface area (Å²) in [6, 6.07) is 5.51. The summed E-state index contributed by atoms with van der Waals surface area (Å²) in [5.74, 6) is -0.0887. The molecule has 116 valence electrons. The van der Waals surface area contributed by atoms with Crippen molar-refractivity contribution in [1.82, 2.24) is 10.6 Å². The Bertz CT molecular complexity index is 497. The molecule has 1 aromatic carbocycles. The van der Waals surface area contributed by atoms with E-state index in [9.17, 15) is 4.79 Å². The smallest absolute Gasteiger partial charge is 0.227 e. The highest BCUT2D eigenvalue weighted by atomic mass is 35.5. The van der Waals surface area contributed by atoms with Crippen LogP contribution in [-0.2, 0) is 16.0 Å². The Morgan fingerprint density at radius 2 is 2.19 bits per heavy atom. The summed E-state index contributed by atoms with van der Waals surface area (Å²) in [6.07, 6.45) is 0.682. The van der Waals surface area contributed by atoms with Gasteiger partial charge < -0.3 is 15.4 Å². The number of ether oxygens (including phenoxy) is 1. The van der Waals surface area contributed by atoms with Gasteiger partial charge in [0.05, 0.1) is 19.1 Å². The van der Waals surface area contributed by atoms with Gasteiger partial charge in [-0.15, -0.1) is 0 Å². The maximum atomic E-state index is 12.2. The van der Waals surface area contributed by atoms with E-state index in [1.807, 2.05) is 13.0 Å². The molecule has 1 aliphatic rings. The number of hydrogen-bond acceptors (Lipinski definition) is 3. The summed E-state index contributed by atoms with van der Waals surface area (Å²) in [5.41, 5.74) is 0.979. The third-order valence-corrected chi connectivity index (χ3v) is 4.18. The molecule has 0 saturated carbocycles. The predicted molar refractivity (Wildman–Crippen MR) is 84.9 cm³/mol. The monoisotopic (exact) mass is 330 g/mol. The van der Waals surface area contributed by atoms with Crippen LogP contribution < -0.4 is 10.6 Å². The van der Waals surface area contributed by atoms with Crippen LogP contribution in [0.3, 0.4) is 0 Å². The van der Waals surface area contributed by atoms with Gasteiger partial charge in [-0.25, -0.2) is 0 Å². The fourth-order valence-corrected chi connectivity index (χ4v) is 2.95. The zero-order valence-electron chi connectivity index (χ0n) is 12.0. The number of carbonyl (C=O) groups excluding carboxylic acids is 1. The average Bonchev–Trinajstić information content (AvgIpc) is 2.90. The third-order valence-electron chi connectivity index (χ3n) is 3.59. The van der Waals surface area contributed by atoms with Gasteiger partial charge in [0.15, 0.2) is 0 Å². The number of hydrogen-bond donors (Lipinski definition) is 2. The van der Waals surface area contributed by atoms with E-state index in [1.165, 1.54) is 0 Å². The lowest BCUT2D eigenvalue weighted by atomic mass is 10.0. The maximum absolute atomic E-state index is 12.2. The molecule has 0 spiro atoms. The van der Waals surface area contributed by atoms with Crippen molar-refractivity contribution in [2.75, 3.05) is 26.3 Å². The molecule has 0 aromatic heterocycles. The first-order valence-corrected chi connectivity index (χ1v) is 7.90. The van der Waals surface area contributed by atoms with Crippen LogP contribution in [0.2, 0.25) is 10.0 Å². The molecule has 0 radical (unpaired) electrons. The van der Waals surface area contributed by atoms with Gasteiger partial charge in [-0.2, -0.15) is 0 Å². The molecular weight excluding hydrogens is 311 g/mol. The molecule has 1 aromatic rings. The first kappa shape index (κ1) is 16.6. The van der Waals surface area contributed by atoms with Gasteiger partial charge in [-0.3, -0.25) is 4.79 Å². The molecule has 2 N–H and O–H groups in total. The summed E-state index contributed by atoms with van der Waals surface area (Å²) in [7, 11) is 0. The zero-order chi connectivity index (χ0) is 15.2. The molecule has 1 amide bonds. The largest absolute Gasteiger partial charge is 0.379 e. The summed E-state index contributed by atoms with van der Waals surface area (Å²) in [4.78, 5) is 12.2. The van der Waals surface area contributed by atoms with E-state index in [4.69, 9.17) is 27.9 Å². The molecule has 0 aliphatic carbocycles. The van der Waals surface area contributed by atoms with E-state index in [-0.39, 0.29) is 17.9 Å². The fourth-order valence-electron chi connectivity index (χ4n) is 2.45. The molecule has 1 fully saturated rings. The standard InChI is InChI=1S/C15H20Cl2N2O2/c1-2-18-14-9-21-8-12(14)15(20)19-6-5-10-3-4-11(16)7-13(10)17/h3-4,7,12,14,18H,2,5-6,8-9H2,1H3,(H,19,20). The molecule has 1 saturated heterocycles. The molecular formula is C15H20Cl2N2O2. The number of benzene rings is 1. The SMILES string of the molecule is CCNC1COCC1C(=O)NCCc1ccc(Cl)cc1Cl. The van der Waals surface area contributed by atoms with Crippen molar-refractivity contribution in [2.24, 2.45) is 5.92 Å². The van der Waals surface area contributed by atoms with E-state index >= 15 is 0 Å². The lowest BCUT2D eigenvalue weighted by Crippen LogP contribution is -2.44. The molecule has 21 heavy (non-hydrogen) atoms. The van der Waals surface area contributed by atoms with Gasteiger partial charge in [-0.1, -0.05) is 36.2 Å². The van der Waals surface area contributed by atoms with Crippen molar-refractivity contribution in [3.63, 3.8) is 0 Å². The molecule has 4 nitrogen and oxygen atoms in total. The Hall–Kier alpha value is -0.810. The van der Waals surface area contributed by atoms with Gasteiger partial charge in [0.1, 0.15) is 0 Å². The van der Waals surface area contributed by atoms with Crippen molar-refractivity contribution in [1.29, 1.82) is 0 Å². The second-order valence-corrected chi connectivity index (χ2v) is 5.93. The van der Waals surface area contributed by atoms with Crippen LogP contribution in [0.1, 0.15) is 12.5 Å². The van der Waals surface area contributed by atoms with Crippen molar-refractivity contribution in [3.8, 4) is 0 Å². The molecule has 2 unspecified atom stereocenters. The molecule has 6 heteroatoms. The Morgan fingerprint density at radius 1 is 1.38 bits per heavy atom. The van der Waals surface area contributed by atoms with Crippen molar-refractivity contribution in [3.05, 3.63) is 33.8 Å². The molecule has 2 rings (SSSR count).